The smallest absolute Gasteiger partial charge is 0.408 e. The number of carbonyl (C=O) groups is 1. The van der Waals surface area contributed by atoms with Gasteiger partial charge in [-0.1, -0.05) is 0 Å². The second-order valence-electron chi connectivity index (χ2n) is 4.37. The largest absolute Gasteiger partial charge is 0.467 e. The molecule has 16 heavy (non-hydrogen) atoms. The third kappa shape index (κ3) is 3.92. The summed E-state index contributed by atoms with van der Waals surface area (Å²) in [5, 5.41) is 2.40. The number of furan rings is 1. The molecule has 5 heteroatoms. The molecule has 1 atom stereocenters. The van der Waals surface area contributed by atoms with Gasteiger partial charge in [-0.25, -0.2) is 9.18 Å². The summed E-state index contributed by atoms with van der Waals surface area (Å²) in [5.41, 5.74) is -0.603. The van der Waals surface area contributed by atoms with Crippen LogP contribution in [0.4, 0.5) is 9.18 Å². The van der Waals surface area contributed by atoms with E-state index < -0.39 is 24.4 Å². The average Bonchev–Trinajstić information content (AvgIpc) is 2.63. The number of carbonyl (C=O) groups excluding carboxylic acids is 1. The van der Waals surface area contributed by atoms with Crippen LogP contribution in [0.5, 0.6) is 0 Å². The number of halogens is 1. The van der Waals surface area contributed by atoms with Crippen LogP contribution < -0.4 is 5.32 Å². The fourth-order valence-electron chi connectivity index (χ4n) is 1.13. The molecular weight excluding hydrogens is 213 g/mol. The Kier molecular flexibility index (Phi) is 3.93. The monoisotopic (exact) mass is 229 g/mol. The van der Waals surface area contributed by atoms with Gasteiger partial charge in [0.25, 0.3) is 0 Å². The predicted octanol–water partition coefficient (Wildman–Crippen LogP) is 2.81. The molecule has 0 fully saturated rings. The Balaban J connectivity index is 2.55. The van der Waals surface area contributed by atoms with Crippen molar-refractivity contribution in [1.29, 1.82) is 0 Å². The van der Waals surface area contributed by atoms with Gasteiger partial charge >= 0.3 is 6.09 Å². The molecule has 0 saturated carbocycles. The second-order valence-corrected chi connectivity index (χ2v) is 4.37. The molecule has 1 amide bonds. The van der Waals surface area contributed by atoms with Crippen LogP contribution in [0.1, 0.15) is 32.6 Å². The zero-order valence-electron chi connectivity index (χ0n) is 9.62. The molecule has 1 rings (SSSR count). The summed E-state index contributed by atoms with van der Waals surface area (Å²) in [6, 6.07) is 2.43. The van der Waals surface area contributed by atoms with E-state index in [2.05, 4.69) is 5.32 Å². The third-order valence-electron chi connectivity index (χ3n) is 1.73. The van der Waals surface area contributed by atoms with Crippen LogP contribution in [0.25, 0.3) is 0 Å². The highest BCUT2D eigenvalue weighted by Gasteiger charge is 2.21. The predicted molar refractivity (Wildman–Crippen MR) is 56.8 cm³/mol. The normalized spacial score (nSPS) is 13.2. The van der Waals surface area contributed by atoms with E-state index in [-0.39, 0.29) is 0 Å². The molecule has 1 heterocycles. The van der Waals surface area contributed by atoms with Gasteiger partial charge in [-0.15, -0.1) is 0 Å². The minimum Gasteiger partial charge on any atom is -0.467 e. The zero-order valence-corrected chi connectivity index (χ0v) is 9.62. The highest BCUT2D eigenvalue weighted by molar-refractivity contribution is 5.68. The first-order valence-corrected chi connectivity index (χ1v) is 5.01. The fourth-order valence-corrected chi connectivity index (χ4v) is 1.13. The first-order chi connectivity index (χ1) is 7.42. The number of amides is 1. The zero-order chi connectivity index (χ0) is 12.2. The highest BCUT2D eigenvalue weighted by Crippen LogP contribution is 2.15. The van der Waals surface area contributed by atoms with Crippen molar-refractivity contribution in [3.8, 4) is 0 Å². The van der Waals surface area contributed by atoms with Crippen molar-refractivity contribution in [1.82, 2.24) is 5.32 Å². The maximum absolute atomic E-state index is 12.7. The molecule has 1 aromatic heterocycles. The molecule has 4 nitrogen and oxygen atoms in total. The van der Waals surface area contributed by atoms with Crippen molar-refractivity contribution < 1.29 is 18.3 Å². The molecule has 0 aliphatic heterocycles. The minimum absolute atomic E-state index is 0.369. The average molecular weight is 229 g/mol. The van der Waals surface area contributed by atoms with E-state index in [1.54, 1.807) is 32.9 Å². The number of rotatable bonds is 3. The van der Waals surface area contributed by atoms with Crippen LogP contribution in [0.3, 0.4) is 0 Å². The van der Waals surface area contributed by atoms with Gasteiger partial charge in [-0.2, -0.15) is 0 Å². The number of hydrogen-bond acceptors (Lipinski definition) is 3. The van der Waals surface area contributed by atoms with Gasteiger partial charge in [-0.3, -0.25) is 0 Å². The van der Waals surface area contributed by atoms with E-state index in [4.69, 9.17) is 9.15 Å². The molecular formula is C11H16FNO3. The summed E-state index contributed by atoms with van der Waals surface area (Å²) in [7, 11) is 0. The molecule has 90 valence electrons. The lowest BCUT2D eigenvalue weighted by Crippen LogP contribution is -2.35. The number of alkyl halides is 1. The molecule has 0 spiro atoms. The van der Waals surface area contributed by atoms with Gasteiger partial charge in [0.2, 0.25) is 0 Å². The Bertz CT molecular complexity index is 329. The number of ether oxygens (including phenoxy) is 1. The Labute approximate surface area is 93.8 Å². The molecule has 0 saturated heterocycles. The summed E-state index contributed by atoms with van der Waals surface area (Å²) in [4.78, 5) is 11.4. The fraction of sp³-hybridized carbons (Fsp3) is 0.545. The van der Waals surface area contributed by atoms with E-state index in [9.17, 15) is 9.18 Å². The number of alkyl carbamates (subject to hydrolysis) is 1. The topological polar surface area (TPSA) is 51.5 Å². The molecule has 0 radical (unpaired) electrons. The summed E-state index contributed by atoms with van der Waals surface area (Å²) in [5.74, 6) is 0.369. The second kappa shape index (κ2) is 5.01. The van der Waals surface area contributed by atoms with E-state index in [1.165, 1.54) is 6.26 Å². The van der Waals surface area contributed by atoms with Crippen molar-refractivity contribution in [2.45, 2.75) is 32.4 Å². The van der Waals surface area contributed by atoms with Crippen molar-refractivity contribution in [2.24, 2.45) is 0 Å². The highest BCUT2D eigenvalue weighted by atomic mass is 19.1. The van der Waals surface area contributed by atoms with Crippen LogP contribution in [0.2, 0.25) is 0 Å². The van der Waals surface area contributed by atoms with Gasteiger partial charge in [0.15, 0.2) is 0 Å². The van der Waals surface area contributed by atoms with Crippen molar-refractivity contribution in [3.63, 3.8) is 0 Å². The van der Waals surface area contributed by atoms with Crippen LogP contribution >= 0.6 is 0 Å². The molecule has 0 aliphatic rings. The van der Waals surface area contributed by atoms with Crippen LogP contribution in [0, 0.1) is 0 Å². The molecule has 1 N–H and O–H groups in total. The van der Waals surface area contributed by atoms with Crippen LogP contribution in [0.15, 0.2) is 22.8 Å². The molecule has 0 aliphatic carbocycles. The summed E-state index contributed by atoms with van der Waals surface area (Å²) in [6.45, 7) is 4.48. The van der Waals surface area contributed by atoms with Crippen LogP contribution in [-0.2, 0) is 4.74 Å². The Hall–Kier alpha value is -1.52. The maximum atomic E-state index is 12.7. The van der Waals surface area contributed by atoms with Crippen molar-refractivity contribution in [3.05, 3.63) is 24.2 Å². The standard InChI is InChI=1S/C11H16FNO3/c1-11(2,3)16-10(14)13-8(7-12)9-5-4-6-15-9/h4-6,8H,7H2,1-3H3,(H,13,14)/t8-/m1/s1. The third-order valence-corrected chi connectivity index (χ3v) is 1.73. The molecule has 1 aromatic rings. The number of hydrogen-bond donors (Lipinski definition) is 1. The van der Waals surface area contributed by atoms with Gasteiger partial charge in [-0.05, 0) is 32.9 Å². The van der Waals surface area contributed by atoms with Gasteiger partial charge in [0, 0.05) is 0 Å². The summed E-state index contributed by atoms with van der Waals surface area (Å²) in [6.07, 6.45) is 0.765. The van der Waals surface area contributed by atoms with Crippen molar-refractivity contribution in [2.75, 3.05) is 6.67 Å². The van der Waals surface area contributed by atoms with Gasteiger partial charge < -0.3 is 14.5 Å². The Morgan fingerprint density at radius 3 is 2.75 bits per heavy atom. The Morgan fingerprint density at radius 2 is 2.31 bits per heavy atom. The lowest BCUT2D eigenvalue weighted by molar-refractivity contribution is 0.0488. The molecule has 0 aromatic carbocycles. The van der Waals surface area contributed by atoms with Crippen molar-refractivity contribution >= 4 is 6.09 Å². The molecule has 0 bridgehead atoms. The summed E-state index contributed by atoms with van der Waals surface area (Å²) < 4.78 is 22.7. The Morgan fingerprint density at radius 1 is 1.62 bits per heavy atom. The first kappa shape index (κ1) is 12.5. The maximum Gasteiger partial charge on any atom is 0.408 e. The van der Waals surface area contributed by atoms with Gasteiger partial charge in [0.1, 0.15) is 24.1 Å². The van der Waals surface area contributed by atoms with Gasteiger partial charge in [0.05, 0.1) is 6.26 Å². The van der Waals surface area contributed by atoms with E-state index in [0.717, 1.165) is 0 Å². The lowest BCUT2D eigenvalue weighted by Gasteiger charge is -2.21. The SMILES string of the molecule is CC(C)(C)OC(=O)N[C@H](CF)c1ccco1. The quantitative estimate of drug-likeness (QED) is 0.867. The van der Waals surface area contributed by atoms with E-state index in [1.807, 2.05) is 0 Å². The summed E-state index contributed by atoms with van der Waals surface area (Å²) >= 11 is 0. The lowest BCUT2D eigenvalue weighted by atomic mass is 10.2. The minimum atomic E-state index is -0.801. The van der Waals surface area contributed by atoms with E-state index >= 15 is 0 Å². The van der Waals surface area contributed by atoms with Crippen LogP contribution in [-0.4, -0.2) is 18.4 Å². The number of nitrogens with one attached hydrogen (secondary N) is 1. The van der Waals surface area contributed by atoms with E-state index in [0.29, 0.717) is 5.76 Å². The first-order valence-electron chi connectivity index (χ1n) is 5.01. The molecule has 0 unspecified atom stereocenters.